The number of nitrogens with one attached hydrogen (secondary N) is 1. The molecule has 242 valence electrons. The first-order valence-electron chi connectivity index (χ1n) is 14.5. The van der Waals surface area contributed by atoms with E-state index in [0.717, 1.165) is 0 Å². The third-order valence-electron chi connectivity index (χ3n) is 8.64. The first kappa shape index (κ1) is 32.4. The van der Waals surface area contributed by atoms with E-state index in [1.54, 1.807) is 6.92 Å². The number of benzene rings is 2. The van der Waals surface area contributed by atoms with Gasteiger partial charge in [-0.1, -0.05) is 6.07 Å². The molecule has 14 heteroatoms. The highest BCUT2D eigenvalue weighted by Crippen LogP contribution is 2.41. The average Bonchev–Trinajstić information content (AvgIpc) is 3.79. The van der Waals surface area contributed by atoms with Gasteiger partial charge in [-0.25, -0.2) is 4.39 Å². The summed E-state index contributed by atoms with van der Waals surface area (Å²) in [4.78, 5) is 54.2. The summed E-state index contributed by atoms with van der Waals surface area (Å²) >= 11 is 0. The third-order valence-corrected chi connectivity index (χ3v) is 8.64. The van der Waals surface area contributed by atoms with Crippen LogP contribution in [0.2, 0.25) is 0 Å². The first-order chi connectivity index (χ1) is 21.0. The smallest absolute Gasteiger partial charge is 0.342 e. The minimum atomic E-state index is -5.04. The van der Waals surface area contributed by atoms with E-state index < -0.39 is 77.2 Å². The standard InChI is InChI=1S/C31H30F7N3O4/c1-16-8-21(32)2-5-23(16)25-15-40(28(44)18-11-26(42)39-27(43)12-18)7-6-24(25)29(45)41(22-3-4-22)14-17-9-19(30(33,34)35)13-20(10-17)31(36,37)38/h2,5,8-10,13,18,22,24-25H,3-4,6-7,11-12,14-15H2,1H3,(H,39,42,43)/t24-,25+/m1/s1. The summed E-state index contributed by atoms with van der Waals surface area (Å²) in [7, 11) is 0. The van der Waals surface area contributed by atoms with Crippen molar-refractivity contribution in [3.05, 3.63) is 70.0 Å². The largest absolute Gasteiger partial charge is 0.416 e. The van der Waals surface area contributed by atoms with Crippen LogP contribution in [0.25, 0.3) is 0 Å². The Kier molecular flexibility index (Phi) is 8.71. The van der Waals surface area contributed by atoms with Crippen molar-refractivity contribution in [1.82, 2.24) is 15.1 Å². The molecule has 1 saturated carbocycles. The number of imide groups is 1. The van der Waals surface area contributed by atoms with Crippen LogP contribution in [0.15, 0.2) is 36.4 Å². The minimum Gasteiger partial charge on any atom is -0.342 e. The van der Waals surface area contributed by atoms with Gasteiger partial charge in [-0.15, -0.1) is 0 Å². The van der Waals surface area contributed by atoms with Crippen molar-refractivity contribution < 1.29 is 49.9 Å². The second-order valence-electron chi connectivity index (χ2n) is 12.0. The van der Waals surface area contributed by atoms with Crippen molar-refractivity contribution in [2.45, 2.75) is 69.9 Å². The number of carbonyl (C=O) groups is 4. The Bertz CT molecular complexity index is 1470. The summed E-state index contributed by atoms with van der Waals surface area (Å²) in [5.74, 6) is -5.04. The normalized spacial score (nSPS) is 21.5. The van der Waals surface area contributed by atoms with Crippen molar-refractivity contribution >= 4 is 23.6 Å². The van der Waals surface area contributed by atoms with Gasteiger partial charge in [0.25, 0.3) is 0 Å². The van der Waals surface area contributed by atoms with E-state index >= 15 is 0 Å². The second kappa shape index (κ2) is 12.1. The van der Waals surface area contributed by atoms with E-state index in [0.29, 0.717) is 36.1 Å². The molecule has 3 aliphatic rings. The van der Waals surface area contributed by atoms with Gasteiger partial charge < -0.3 is 9.80 Å². The minimum absolute atomic E-state index is 0.0195. The molecule has 2 aliphatic heterocycles. The second-order valence-corrected chi connectivity index (χ2v) is 12.0. The zero-order valence-corrected chi connectivity index (χ0v) is 24.1. The predicted octanol–water partition coefficient (Wildman–Crippen LogP) is 5.35. The van der Waals surface area contributed by atoms with E-state index in [1.165, 1.54) is 28.0 Å². The highest BCUT2D eigenvalue weighted by Gasteiger charge is 2.45. The molecule has 0 spiro atoms. The number of rotatable bonds is 6. The maximum Gasteiger partial charge on any atom is 0.416 e. The van der Waals surface area contributed by atoms with Gasteiger partial charge in [-0.3, -0.25) is 24.5 Å². The average molecular weight is 642 g/mol. The van der Waals surface area contributed by atoms with E-state index in [1.807, 2.05) is 0 Å². The Hall–Kier alpha value is -3.97. The first-order valence-corrected chi connectivity index (χ1v) is 14.5. The van der Waals surface area contributed by atoms with Crippen LogP contribution in [0.1, 0.15) is 65.8 Å². The molecule has 0 unspecified atom stereocenters. The van der Waals surface area contributed by atoms with Crippen molar-refractivity contribution in [1.29, 1.82) is 0 Å². The van der Waals surface area contributed by atoms with Crippen LogP contribution in [-0.4, -0.2) is 52.6 Å². The van der Waals surface area contributed by atoms with E-state index in [2.05, 4.69) is 5.32 Å². The maximum absolute atomic E-state index is 14.2. The molecule has 2 atom stereocenters. The van der Waals surface area contributed by atoms with Crippen LogP contribution in [0, 0.1) is 24.6 Å². The molecule has 0 bridgehead atoms. The summed E-state index contributed by atoms with van der Waals surface area (Å²) in [6.45, 7) is 1.20. The lowest BCUT2D eigenvalue weighted by atomic mass is 9.77. The van der Waals surface area contributed by atoms with Crippen LogP contribution in [0.3, 0.4) is 0 Å². The number of aryl methyl sites for hydroxylation is 1. The Labute approximate surface area is 253 Å². The summed E-state index contributed by atoms with van der Waals surface area (Å²) in [5, 5.41) is 2.15. The van der Waals surface area contributed by atoms with Gasteiger partial charge in [0.1, 0.15) is 5.82 Å². The monoisotopic (exact) mass is 641 g/mol. The molecule has 2 aromatic rings. The van der Waals surface area contributed by atoms with Crippen LogP contribution >= 0.6 is 0 Å². The number of carbonyl (C=O) groups excluding carboxylic acids is 4. The van der Waals surface area contributed by atoms with Crippen LogP contribution in [-0.2, 0) is 38.1 Å². The Morgan fingerprint density at radius 1 is 0.911 bits per heavy atom. The number of halogens is 7. The lowest BCUT2D eigenvalue weighted by molar-refractivity contribution is -0.148. The molecule has 7 nitrogen and oxygen atoms in total. The fraction of sp³-hybridized carbons (Fsp3) is 0.484. The molecule has 0 radical (unpaired) electrons. The van der Waals surface area contributed by atoms with E-state index in [-0.39, 0.29) is 50.0 Å². The third kappa shape index (κ3) is 7.30. The highest BCUT2D eigenvalue weighted by molar-refractivity contribution is 6.02. The lowest BCUT2D eigenvalue weighted by Gasteiger charge is -2.42. The SMILES string of the molecule is Cc1cc(F)ccc1[C@@H]1CN(C(=O)C2CC(=O)NC(=O)C2)CC[C@H]1C(=O)N(Cc1cc(C(F)(F)F)cc(C(F)(F)F)c1)C1CC1. The zero-order chi connectivity index (χ0) is 32.8. The molecule has 2 heterocycles. The maximum atomic E-state index is 14.2. The predicted molar refractivity (Wildman–Crippen MR) is 144 cm³/mol. The van der Waals surface area contributed by atoms with Gasteiger partial charge in [0.05, 0.1) is 17.0 Å². The molecule has 2 saturated heterocycles. The number of piperidine rings is 2. The van der Waals surface area contributed by atoms with Gasteiger partial charge in [0.15, 0.2) is 0 Å². The molecule has 4 amide bonds. The Morgan fingerprint density at radius 2 is 1.51 bits per heavy atom. The van der Waals surface area contributed by atoms with Crippen molar-refractivity contribution in [3.63, 3.8) is 0 Å². The zero-order valence-electron chi connectivity index (χ0n) is 24.1. The molecule has 3 fully saturated rings. The molecule has 45 heavy (non-hydrogen) atoms. The molecule has 2 aromatic carbocycles. The molecule has 5 rings (SSSR count). The van der Waals surface area contributed by atoms with Gasteiger partial charge in [-0.2, -0.15) is 26.3 Å². The summed E-state index contributed by atoms with van der Waals surface area (Å²) in [6.07, 6.45) is -9.32. The lowest BCUT2D eigenvalue weighted by Crippen LogP contribution is -2.52. The van der Waals surface area contributed by atoms with Gasteiger partial charge >= 0.3 is 12.4 Å². The van der Waals surface area contributed by atoms with Crippen LogP contribution in [0.5, 0.6) is 0 Å². The quantitative estimate of drug-likeness (QED) is 0.341. The van der Waals surface area contributed by atoms with Gasteiger partial charge in [0, 0.05) is 50.4 Å². The van der Waals surface area contributed by atoms with Crippen molar-refractivity contribution in [2.24, 2.45) is 11.8 Å². The van der Waals surface area contributed by atoms with Crippen molar-refractivity contribution in [2.75, 3.05) is 13.1 Å². The van der Waals surface area contributed by atoms with Gasteiger partial charge in [-0.05, 0) is 73.2 Å². The van der Waals surface area contributed by atoms with Crippen LogP contribution in [0.4, 0.5) is 30.7 Å². The number of hydrogen-bond donors (Lipinski definition) is 1. The summed E-state index contributed by atoms with van der Waals surface area (Å²) < 4.78 is 95.2. The molecule has 0 aromatic heterocycles. The molecule has 1 aliphatic carbocycles. The number of amides is 4. The van der Waals surface area contributed by atoms with Crippen LogP contribution < -0.4 is 5.32 Å². The number of nitrogens with zero attached hydrogens (tertiary/aromatic N) is 2. The topological polar surface area (TPSA) is 86.8 Å². The van der Waals surface area contributed by atoms with Gasteiger partial charge in [0.2, 0.25) is 23.6 Å². The molecular weight excluding hydrogens is 611 g/mol. The highest BCUT2D eigenvalue weighted by atomic mass is 19.4. The number of hydrogen-bond acceptors (Lipinski definition) is 4. The van der Waals surface area contributed by atoms with E-state index in [4.69, 9.17) is 0 Å². The molecular formula is C31H30F7N3O4. The Morgan fingerprint density at radius 3 is 2.04 bits per heavy atom. The summed E-state index contributed by atoms with van der Waals surface area (Å²) in [6, 6.07) is 4.84. The van der Waals surface area contributed by atoms with Crippen molar-refractivity contribution in [3.8, 4) is 0 Å². The van der Waals surface area contributed by atoms with E-state index in [9.17, 15) is 49.9 Å². The number of alkyl halides is 6. The fourth-order valence-corrected chi connectivity index (χ4v) is 6.32. The Balaban J connectivity index is 1.45. The summed E-state index contributed by atoms with van der Waals surface area (Å²) in [5.41, 5.74) is -2.22. The molecule has 1 N–H and O–H groups in total. The number of likely N-dealkylation sites (tertiary alicyclic amines) is 1. The fourth-order valence-electron chi connectivity index (χ4n) is 6.32.